The van der Waals surface area contributed by atoms with Crippen molar-refractivity contribution in [1.82, 2.24) is 5.32 Å². The summed E-state index contributed by atoms with van der Waals surface area (Å²) in [7, 11) is 3.68. The molecule has 2 nitrogen and oxygen atoms in total. The molecule has 0 aliphatic carbocycles. The van der Waals surface area contributed by atoms with Crippen LogP contribution in [0.5, 0.6) is 5.75 Å². The number of benzene rings is 1. The quantitative estimate of drug-likeness (QED) is 0.890. The summed E-state index contributed by atoms with van der Waals surface area (Å²) < 4.78 is 6.37. The van der Waals surface area contributed by atoms with Gasteiger partial charge in [-0.25, -0.2) is 0 Å². The molecule has 1 aromatic rings. The van der Waals surface area contributed by atoms with Gasteiger partial charge in [0.25, 0.3) is 0 Å². The standard InChI is InChI=1S/C12H18BrNO/c1-9(8-14-2)6-10-7-11(15-3)4-5-12(10)13/h4-5,7,9,14H,6,8H2,1-3H3. The highest BCUT2D eigenvalue weighted by Gasteiger charge is 2.07. The molecule has 1 unspecified atom stereocenters. The number of nitrogens with one attached hydrogen (secondary N) is 1. The molecule has 0 bridgehead atoms. The average molecular weight is 272 g/mol. The molecule has 0 saturated carbocycles. The maximum atomic E-state index is 5.21. The van der Waals surface area contributed by atoms with Crippen LogP contribution in [0.3, 0.4) is 0 Å². The molecular formula is C12H18BrNO. The third kappa shape index (κ3) is 3.84. The lowest BCUT2D eigenvalue weighted by Gasteiger charge is -2.13. The predicted octanol–water partition coefficient (Wildman–Crippen LogP) is 2.86. The lowest BCUT2D eigenvalue weighted by molar-refractivity contribution is 0.413. The Morgan fingerprint density at radius 3 is 2.80 bits per heavy atom. The fourth-order valence-electron chi connectivity index (χ4n) is 1.63. The van der Waals surface area contributed by atoms with Crippen LogP contribution >= 0.6 is 15.9 Å². The highest BCUT2D eigenvalue weighted by Crippen LogP contribution is 2.24. The Kier molecular flexibility index (Phi) is 5.12. The zero-order chi connectivity index (χ0) is 11.3. The minimum Gasteiger partial charge on any atom is -0.497 e. The second-order valence-corrected chi connectivity index (χ2v) is 4.68. The van der Waals surface area contributed by atoms with Crippen molar-refractivity contribution in [2.24, 2.45) is 5.92 Å². The lowest BCUT2D eigenvalue weighted by Crippen LogP contribution is -2.18. The molecule has 1 N–H and O–H groups in total. The van der Waals surface area contributed by atoms with Crippen molar-refractivity contribution in [3.8, 4) is 5.75 Å². The van der Waals surface area contributed by atoms with Gasteiger partial charge in [0.15, 0.2) is 0 Å². The van der Waals surface area contributed by atoms with Crippen LogP contribution in [0.1, 0.15) is 12.5 Å². The zero-order valence-electron chi connectivity index (χ0n) is 9.51. The van der Waals surface area contributed by atoms with E-state index in [-0.39, 0.29) is 0 Å². The molecule has 3 heteroatoms. The van der Waals surface area contributed by atoms with E-state index in [1.54, 1.807) is 7.11 Å². The highest BCUT2D eigenvalue weighted by atomic mass is 79.9. The van der Waals surface area contributed by atoms with E-state index in [9.17, 15) is 0 Å². The van der Waals surface area contributed by atoms with Gasteiger partial charge in [-0.05, 0) is 49.7 Å². The van der Waals surface area contributed by atoms with Gasteiger partial charge in [0.05, 0.1) is 7.11 Å². The van der Waals surface area contributed by atoms with Crippen molar-refractivity contribution in [2.45, 2.75) is 13.3 Å². The molecule has 84 valence electrons. The molecular weight excluding hydrogens is 254 g/mol. The number of hydrogen-bond acceptors (Lipinski definition) is 2. The summed E-state index contributed by atoms with van der Waals surface area (Å²) in [4.78, 5) is 0. The summed E-state index contributed by atoms with van der Waals surface area (Å²) in [6, 6.07) is 6.10. The van der Waals surface area contributed by atoms with E-state index in [4.69, 9.17) is 4.74 Å². The first-order valence-corrected chi connectivity index (χ1v) is 5.93. The van der Waals surface area contributed by atoms with Gasteiger partial charge < -0.3 is 10.1 Å². The zero-order valence-corrected chi connectivity index (χ0v) is 11.1. The first-order valence-electron chi connectivity index (χ1n) is 5.14. The fourth-order valence-corrected chi connectivity index (χ4v) is 2.04. The van der Waals surface area contributed by atoms with E-state index in [1.165, 1.54) is 5.56 Å². The molecule has 0 aliphatic heterocycles. The molecule has 0 aliphatic rings. The number of halogens is 1. The third-order valence-corrected chi connectivity index (χ3v) is 3.15. The SMILES string of the molecule is CNCC(C)Cc1cc(OC)ccc1Br. The van der Waals surface area contributed by atoms with Gasteiger partial charge in [-0.2, -0.15) is 0 Å². The molecule has 0 radical (unpaired) electrons. The molecule has 0 saturated heterocycles. The van der Waals surface area contributed by atoms with Gasteiger partial charge in [0.1, 0.15) is 5.75 Å². The van der Waals surface area contributed by atoms with Gasteiger partial charge >= 0.3 is 0 Å². The lowest BCUT2D eigenvalue weighted by atomic mass is 10.0. The van der Waals surface area contributed by atoms with Crippen LogP contribution in [0.4, 0.5) is 0 Å². The van der Waals surface area contributed by atoms with Gasteiger partial charge in [-0.1, -0.05) is 22.9 Å². The van der Waals surface area contributed by atoms with Crippen LogP contribution in [0.2, 0.25) is 0 Å². The van der Waals surface area contributed by atoms with E-state index in [0.29, 0.717) is 5.92 Å². The maximum absolute atomic E-state index is 5.21. The molecule has 1 atom stereocenters. The molecule has 0 spiro atoms. The van der Waals surface area contributed by atoms with E-state index >= 15 is 0 Å². The number of ether oxygens (including phenoxy) is 1. The number of rotatable bonds is 5. The van der Waals surface area contributed by atoms with E-state index < -0.39 is 0 Å². The van der Waals surface area contributed by atoms with Crippen molar-refractivity contribution >= 4 is 15.9 Å². The van der Waals surface area contributed by atoms with Crippen LogP contribution < -0.4 is 10.1 Å². The maximum Gasteiger partial charge on any atom is 0.119 e. The monoisotopic (exact) mass is 271 g/mol. The van der Waals surface area contributed by atoms with Crippen LogP contribution in [0.15, 0.2) is 22.7 Å². The van der Waals surface area contributed by atoms with Crippen LogP contribution in [-0.4, -0.2) is 20.7 Å². The van der Waals surface area contributed by atoms with Crippen molar-refractivity contribution in [1.29, 1.82) is 0 Å². The second kappa shape index (κ2) is 6.13. The van der Waals surface area contributed by atoms with Crippen LogP contribution in [0, 0.1) is 5.92 Å². The van der Waals surface area contributed by atoms with Crippen LogP contribution in [0.25, 0.3) is 0 Å². The van der Waals surface area contributed by atoms with E-state index in [0.717, 1.165) is 23.2 Å². The summed E-state index contributed by atoms with van der Waals surface area (Å²) in [6.07, 6.45) is 1.05. The summed E-state index contributed by atoms with van der Waals surface area (Å²) in [5.41, 5.74) is 1.30. The largest absolute Gasteiger partial charge is 0.497 e. The number of hydrogen-bond donors (Lipinski definition) is 1. The van der Waals surface area contributed by atoms with Gasteiger partial charge in [-0.15, -0.1) is 0 Å². The Labute approximate surface area is 100 Å². The van der Waals surface area contributed by atoms with E-state index in [2.05, 4.69) is 34.2 Å². The second-order valence-electron chi connectivity index (χ2n) is 3.82. The normalized spacial score (nSPS) is 12.5. The van der Waals surface area contributed by atoms with Crippen molar-refractivity contribution in [3.63, 3.8) is 0 Å². The minimum atomic E-state index is 0.624. The summed E-state index contributed by atoms with van der Waals surface area (Å²) >= 11 is 3.56. The Morgan fingerprint density at radius 1 is 1.47 bits per heavy atom. The first-order chi connectivity index (χ1) is 7.17. The minimum absolute atomic E-state index is 0.624. The summed E-state index contributed by atoms with van der Waals surface area (Å²) in [6.45, 7) is 3.27. The molecule has 0 heterocycles. The van der Waals surface area contributed by atoms with Crippen molar-refractivity contribution in [2.75, 3.05) is 20.7 Å². The molecule has 0 fully saturated rings. The van der Waals surface area contributed by atoms with Gasteiger partial charge in [0, 0.05) is 4.47 Å². The fraction of sp³-hybridized carbons (Fsp3) is 0.500. The summed E-state index contributed by atoms with van der Waals surface area (Å²) in [5, 5.41) is 3.19. The smallest absolute Gasteiger partial charge is 0.119 e. The predicted molar refractivity (Wildman–Crippen MR) is 67.5 cm³/mol. The number of methoxy groups -OCH3 is 1. The summed E-state index contributed by atoms with van der Waals surface area (Å²) in [5.74, 6) is 1.54. The Hall–Kier alpha value is -0.540. The van der Waals surface area contributed by atoms with E-state index in [1.807, 2.05) is 19.2 Å². The van der Waals surface area contributed by atoms with Crippen molar-refractivity contribution < 1.29 is 4.74 Å². The Morgan fingerprint density at radius 2 is 2.20 bits per heavy atom. The molecule has 1 aromatic carbocycles. The highest BCUT2D eigenvalue weighted by molar-refractivity contribution is 9.10. The molecule has 0 aromatic heterocycles. The third-order valence-electron chi connectivity index (χ3n) is 2.37. The topological polar surface area (TPSA) is 21.3 Å². The Bertz CT molecular complexity index is 314. The first kappa shape index (κ1) is 12.5. The molecule has 15 heavy (non-hydrogen) atoms. The molecule has 1 rings (SSSR count). The Balaban J connectivity index is 2.74. The average Bonchev–Trinajstić information content (AvgIpc) is 2.21. The van der Waals surface area contributed by atoms with Crippen molar-refractivity contribution in [3.05, 3.63) is 28.2 Å². The van der Waals surface area contributed by atoms with Gasteiger partial charge in [0.2, 0.25) is 0 Å². The molecule has 0 amide bonds. The van der Waals surface area contributed by atoms with Gasteiger partial charge in [-0.3, -0.25) is 0 Å². The van der Waals surface area contributed by atoms with Crippen LogP contribution in [-0.2, 0) is 6.42 Å².